The molecule has 0 aromatic carbocycles. The van der Waals surface area contributed by atoms with Crippen molar-refractivity contribution in [3.8, 4) is 0 Å². The van der Waals surface area contributed by atoms with E-state index >= 15 is 0 Å². The van der Waals surface area contributed by atoms with Gasteiger partial charge in [0.25, 0.3) is 0 Å². The maximum absolute atomic E-state index is 11.8. The molecule has 3 N–H and O–H groups in total. The van der Waals surface area contributed by atoms with Crippen molar-refractivity contribution in [2.45, 2.75) is 57.5 Å². The molecule has 1 rings (SSSR count). The number of piperidine rings is 1. The van der Waals surface area contributed by atoms with Crippen LogP contribution in [0.1, 0.15) is 45.4 Å². The zero-order chi connectivity index (χ0) is 15.0. The first-order chi connectivity index (χ1) is 9.54. The van der Waals surface area contributed by atoms with Crippen LogP contribution >= 0.6 is 0 Å². The van der Waals surface area contributed by atoms with Crippen LogP contribution in [0.3, 0.4) is 0 Å². The molecule has 2 atom stereocenters. The number of amides is 2. The molecule has 6 nitrogen and oxygen atoms in total. The molecule has 2 unspecified atom stereocenters. The smallest absolute Gasteiger partial charge is 0.326 e. The van der Waals surface area contributed by atoms with Gasteiger partial charge in [-0.1, -0.05) is 26.2 Å². The van der Waals surface area contributed by atoms with Crippen molar-refractivity contribution in [1.29, 1.82) is 0 Å². The van der Waals surface area contributed by atoms with Gasteiger partial charge in [0.2, 0.25) is 0 Å². The van der Waals surface area contributed by atoms with Crippen LogP contribution in [0.15, 0.2) is 0 Å². The predicted octanol–water partition coefficient (Wildman–Crippen LogP) is 1.41. The molecule has 0 aromatic heterocycles. The van der Waals surface area contributed by atoms with Crippen molar-refractivity contribution in [1.82, 2.24) is 15.5 Å². The number of nitrogens with zero attached hydrogens (tertiary/aromatic N) is 1. The Bertz CT molecular complexity index is 323. The summed E-state index contributed by atoms with van der Waals surface area (Å²) >= 11 is 0. The quantitative estimate of drug-likeness (QED) is 0.660. The Labute approximate surface area is 120 Å². The van der Waals surface area contributed by atoms with Crippen molar-refractivity contribution in [3.05, 3.63) is 0 Å². The molecule has 1 saturated heterocycles. The maximum Gasteiger partial charge on any atom is 0.326 e. The lowest BCUT2D eigenvalue weighted by Crippen LogP contribution is -2.50. The second kappa shape index (κ2) is 8.79. The molecular formula is C14H27N3O3. The highest BCUT2D eigenvalue weighted by atomic mass is 16.4. The van der Waals surface area contributed by atoms with Crippen LogP contribution in [0.5, 0.6) is 0 Å². The summed E-state index contributed by atoms with van der Waals surface area (Å²) in [6.45, 7) is 3.63. The van der Waals surface area contributed by atoms with E-state index in [4.69, 9.17) is 5.11 Å². The van der Waals surface area contributed by atoms with Crippen molar-refractivity contribution in [2.75, 3.05) is 20.1 Å². The second-order valence-corrected chi connectivity index (χ2v) is 5.52. The number of likely N-dealkylation sites (N-methyl/N-ethyl adjacent to an activating group) is 1. The fourth-order valence-electron chi connectivity index (χ4n) is 2.49. The number of carboxylic acid groups (broad SMARTS) is 1. The van der Waals surface area contributed by atoms with E-state index in [1.807, 2.05) is 6.92 Å². The van der Waals surface area contributed by atoms with E-state index in [9.17, 15) is 9.59 Å². The summed E-state index contributed by atoms with van der Waals surface area (Å²) in [6, 6.07) is -0.820. The first-order valence-electron chi connectivity index (χ1n) is 7.52. The Hall–Kier alpha value is -1.30. The van der Waals surface area contributed by atoms with Gasteiger partial charge in [-0.25, -0.2) is 9.59 Å². The Morgan fingerprint density at radius 2 is 2.15 bits per heavy atom. The van der Waals surface area contributed by atoms with Gasteiger partial charge in [0, 0.05) is 12.6 Å². The number of carbonyl (C=O) groups excluding carboxylic acids is 1. The van der Waals surface area contributed by atoms with Crippen LogP contribution in [0, 0.1) is 0 Å². The summed E-state index contributed by atoms with van der Waals surface area (Å²) in [5.74, 6) is -0.969. The standard InChI is InChI=1S/C14H27N3O3/c1-3-4-8-12(13(18)19)16-14(20)15-10-11-7-5-6-9-17(11)2/h11-12H,3-10H2,1-2H3,(H,18,19)(H2,15,16,20). The minimum Gasteiger partial charge on any atom is -0.480 e. The first kappa shape index (κ1) is 16.8. The normalized spacial score (nSPS) is 21.2. The molecule has 116 valence electrons. The van der Waals surface area contributed by atoms with Gasteiger partial charge in [-0.05, 0) is 32.9 Å². The van der Waals surface area contributed by atoms with Gasteiger partial charge in [0.1, 0.15) is 6.04 Å². The summed E-state index contributed by atoms with van der Waals surface area (Å²) in [6.07, 6.45) is 5.66. The molecule has 0 spiro atoms. The molecule has 20 heavy (non-hydrogen) atoms. The minimum absolute atomic E-state index is 0.355. The average molecular weight is 285 g/mol. The summed E-state index contributed by atoms with van der Waals surface area (Å²) in [7, 11) is 2.06. The van der Waals surface area contributed by atoms with E-state index in [1.54, 1.807) is 0 Å². The zero-order valence-corrected chi connectivity index (χ0v) is 12.5. The van der Waals surface area contributed by atoms with Gasteiger partial charge >= 0.3 is 12.0 Å². The Morgan fingerprint density at radius 3 is 2.75 bits per heavy atom. The maximum atomic E-state index is 11.8. The molecule has 0 bridgehead atoms. The van der Waals surface area contributed by atoms with Crippen LogP contribution < -0.4 is 10.6 Å². The lowest BCUT2D eigenvalue weighted by molar-refractivity contribution is -0.139. The lowest BCUT2D eigenvalue weighted by Gasteiger charge is -2.32. The third-order valence-corrected chi connectivity index (χ3v) is 3.87. The van der Waals surface area contributed by atoms with Crippen molar-refractivity contribution in [3.63, 3.8) is 0 Å². The van der Waals surface area contributed by atoms with Crippen molar-refractivity contribution >= 4 is 12.0 Å². The van der Waals surface area contributed by atoms with E-state index in [1.165, 1.54) is 12.8 Å². The van der Waals surface area contributed by atoms with Gasteiger partial charge in [0.15, 0.2) is 0 Å². The Morgan fingerprint density at radius 1 is 1.40 bits per heavy atom. The molecule has 1 heterocycles. The largest absolute Gasteiger partial charge is 0.480 e. The predicted molar refractivity (Wildman–Crippen MR) is 77.8 cm³/mol. The number of unbranched alkanes of at least 4 members (excludes halogenated alkanes) is 1. The van der Waals surface area contributed by atoms with Crippen LogP contribution in [0.2, 0.25) is 0 Å². The number of carbonyl (C=O) groups is 2. The van der Waals surface area contributed by atoms with Gasteiger partial charge < -0.3 is 20.6 Å². The Kier molecular flexibility index (Phi) is 7.36. The SMILES string of the molecule is CCCCC(NC(=O)NCC1CCCCN1C)C(=O)O. The average Bonchev–Trinajstić information content (AvgIpc) is 2.42. The highest BCUT2D eigenvalue weighted by Crippen LogP contribution is 2.13. The molecule has 2 amide bonds. The van der Waals surface area contributed by atoms with E-state index in [0.717, 1.165) is 25.8 Å². The van der Waals surface area contributed by atoms with E-state index in [-0.39, 0.29) is 6.03 Å². The number of aliphatic carboxylic acids is 1. The third-order valence-electron chi connectivity index (χ3n) is 3.87. The zero-order valence-electron chi connectivity index (χ0n) is 12.5. The van der Waals surface area contributed by atoms with E-state index < -0.39 is 12.0 Å². The number of nitrogens with one attached hydrogen (secondary N) is 2. The minimum atomic E-state index is -0.969. The van der Waals surface area contributed by atoms with Gasteiger partial charge in [-0.15, -0.1) is 0 Å². The third kappa shape index (κ3) is 5.77. The molecule has 1 aliphatic heterocycles. The van der Waals surface area contributed by atoms with Crippen molar-refractivity contribution < 1.29 is 14.7 Å². The first-order valence-corrected chi connectivity index (χ1v) is 7.52. The van der Waals surface area contributed by atoms with E-state index in [0.29, 0.717) is 19.0 Å². The van der Waals surface area contributed by atoms with E-state index in [2.05, 4.69) is 22.6 Å². The van der Waals surface area contributed by atoms with Crippen LogP contribution in [0.25, 0.3) is 0 Å². The van der Waals surface area contributed by atoms with Crippen LogP contribution in [0.4, 0.5) is 4.79 Å². The monoisotopic (exact) mass is 285 g/mol. The molecular weight excluding hydrogens is 258 g/mol. The molecule has 0 radical (unpaired) electrons. The number of carboxylic acids is 1. The Balaban J connectivity index is 2.31. The molecule has 0 aliphatic carbocycles. The van der Waals surface area contributed by atoms with Crippen LogP contribution in [-0.2, 0) is 4.79 Å². The topological polar surface area (TPSA) is 81.7 Å². The highest BCUT2D eigenvalue weighted by molar-refractivity contribution is 5.82. The summed E-state index contributed by atoms with van der Waals surface area (Å²) in [4.78, 5) is 25.1. The van der Waals surface area contributed by atoms with Crippen LogP contribution in [-0.4, -0.2) is 54.2 Å². The summed E-state index contributed by atoms with van der Waals surface area (Å²) < 4.78 is 0. The molecule has 0 aromatic rings. The van der Waals surface area contributed by atoms with Gasteiger partial charge in [-0.3, -0.25) is 0 Å². The highest BCUT2D eigenvalue weighted by Gasteiger charge is 2.22. The summed E-state index contributed by atoms with van der Waals surface area (Å²) in [5.41, 5.74) is 0. The van der Waals surface area contributed by atoms with Crippen molar-refractivity contribution in [2.24, 2.45) is 0 Å². The molecule has 6 heteroatoms. The number of likely N-dealkylation sites (tertiary alicyclic amines) is 1. The molecule has 0 saturated carbocycles. The van der Waals surface area contributed by atoms with Gasteiger partial charge in [0.05, 0.1) is 0 Å². The second-order valence-electron chi connectivity index (χ2n) is 5.52. The number of urea groups is 1. The number of hydrogen-bond donors (Lipinski definition) is 3. The number of hydrogen-bond acceptors (Lipinski definition) is 3. The fraction of sp³-hybridized carbons (Fsp3) is 0.857. The number of rotatable bonds is 7. The van der Waals surface area contributed by atoms with Gasteiger partial charge in [-0.2, -0.15) is 0 Å². The summed E-state index contributed by atoms with van der Waals surface area (Å²) in [5, 5.41) is 14.4. The molecule has 1 aliphatic rings. The lowest BCUT2D eigenvalue weighted by atomic mass is 10.0. The fourth-order valence-corrected chi connectivity index (χ4v) is 2.49. The molecule has 1 fully saturated rings.